The highest BCUT2D eigenvalue weighted by Crippen LogP contribution is 2.35. The van der Waals surface area contributed by atoms with Crippen LogP contribution in [0.4, 0.5) is 0 Å². The Morgan fingerprint density at radius 2 is 2.00 bits per heavy atom. The van der Waals surface area contributed by atoms with Gasteiger partial charge in [-0.15, -0.1) is 36.2 Å². The van der Waals surface area contributed by atoms with Crippen molar-refractivity contribution in [2.75, 3.05) is 19.6 Å². The number of rotatable bonds is 3. The van der Waals surface area contributed by atoms with E-state index in [0.29, 0.717) is 24.3 Å². The van der Waals surface area contributed by atoms with Crippen LogP contribution in [0.25, 0.3) is 0 Å². The molecular weight excluding hydrogens is 341 g/mol. The molecule has 1 amide bonds. The molecule has 0 spiro atoms. The van der Waals surface area contributed by atoms with Gasteiger partial charge in [0, 0.05) is 36.5 Å². The van der Waals surface area contributed by atoms with E-state index in [4.69, 9.17) is 5.73 Å². The molecule has 1 aliphatic heterocycles. The zero-order valence-corrected chi connectivity index (χ0v) is 15.1. The largest absolute Gasteiger partial charge is 0.342 e. The van der Waals surface area contributed by atoms with Gasteiger partial charge in [0.05, 0.1) is 5.01 Å². The van der Waals surface area contributed by atoms with Crippen molar-refractivity contribution in [3.8, 4) is 0 Å². The molecule has 3 rings (SSSR count). The van der Waals surface area contributed by atoms with Crippen molar-refractivity contribution in [1.29, 1.82) is 0 Å². The van der Waals surface area contributed by atoms with Crippen molar-refractivity contribution in [2.24, 2.45) is 17.6 Å². The maximum atomic E-state index is 12.6. The number of halogens is 2. The first-order valence-electron chi connectivity index (χ1n) is 7.68. The number of nitrogens with two attached hydrogens (primary N) is 1. The summed E-state index contributed by atoms with van der Waals surface area (Å²) in [6.07, 6.45) is 7.31. The molecule has 0 bridgehead atoms. The molecule has 7 heteroatoms. The Balaban J connectivity index is 0.00000121. The first-order valence-corrected chi connectivity index (χ1v) is 8.55. The normalized spacial score (nSPS) is 25.4. The van der Waals surface area contributed by atoms with Gasteiger partial charge in [0.15, 0.2) is 0 Å². The SMILES string of the molecule is Cl.Cl.NC[C@H]1CCC[C@H]1C(=O)N1CCC(c2nccs2)CC1. The zero-order chi connectivity index (χ0) is 13.9. The van der Waals surface area contributed by atoms with E-state index in [9.17, 15) is 4.79 Å². The van der Waals surface area contributed by atoms with Gasteiger partial charge in [-0.25, -0.2) is 4.98 Å². The lowest BCUT2D eigenvalue weighted by Gasteiger charge is -2.34. The summed E-state index contributed by atoms with van der Waals surface area (Å²) in [4.78, 5) is 19.1. The van der Waals surface area contributed by atoms with E-state index in [1.54, 1.807) is 11.3 Å². The minimum Gasteiger partial charge on any atom is -0.342 e. The maximum absolute atomic E-state index is 12.6. The van der Waals surface area contributed by atoms with Crippen molar-refractivity contribution >= 4 is 42.1 Å². The van der Waals surface area contributed by atoms with Gasteiger partial charge in [0.2, 0.25) is 5.91 Å². The third kappa shape index (κ3) is 4.13. The fraction of sp³-hybridized carbons (Fsp3) is 0.733. The quantitative estimate of drug-likeness (QED) is 0.894. The van der Waals surface area contributed by atoms with Gasteiger partial charge >= 0.3 is 0 Å². The van der Waals surface area contributed by atoms with Crippen LogP contribution < -0.4 is 5.73 Å². The first-order chi connectivity index (χ1) is 9.79. The molecule has 2 aliphatic rings. The molecule has 4 nitrogen and oxygen atoms in total. The van der Waals surface area contributed by atoms with Crippen LogP contribution in [-0.4, -0.2) is 35.4 Å². The van der Waals surface area contributed by atoms with Crippen LogP contribution in [0, 0.1) is 11.8 Å². The molecule has 0 unspecified atom stereocenters. The highest BCUT2D eigenvalue weighted by Gasteiger charge is 2.36. The first kappa shape index (κ1) is 19.7. The Kier molecular flexibility index (Phi) is 8.11. The van der Waals surface area contributed by atoms with Gasteiger partial charge in [-0.1, -0.05) is 6.42 Å². The van der Waals surface area contributed by atoms with E-state index in [-0.39, 0.29) is 30.7 Å². The highest BCUT2D eigenvalue weighted by molar-refractivity contribution is 7.09. The number of piperidine rings is 1. The Labute approximate surface area is 148 Å². The number of hydrogen-bond acceptors (Lipinski definition) is 4. The highest BCUT2D eigenvalue weighted by atomic mass is 35.5. The molecule has 126 valence electrons. The molecule has 22 heavy (non-hydrogen) atoms. The number of amides is 1. The second-order valence-electron chi connectivity index (χ2n) is 6.00. The molecule has 2 atom stereocenters. The smallest absolute Gasteiger partial charge is 0.226 e. The summed E-state index contributed by atoms with van der Waals surface area (Å²) in [5.41, 5.74) is 5.80. The van der Waals surface area contributed by atoms with Crippen molar-refractivity contribution < 1.29 is 4.79 Å². The average Bonchev–Trinajstić information content (AvgIpc) is 3.17. The van der Waals surface area contributed by atoms with Crippen molar-refractivity contribution in [1.82, 2.24) is 9.88 Å². The number of aromatic nitrogens is 1. The lowest BCUT2D eigenvalue weighted by molar-refractivity contribution is -0.137. The third-order valence-electron chi connectivity index (χ3n) is 4.89. The Bertz CT molecular complexity index is 450. The van der Waals surface area contributed by atoms with Gasteiger partial charge in [-0.3, -0.25) is 4.79 Å². The number of thiazole rings is 1. The number of likely N-dealkylation sites (tertiary alicyclic amines) is 1. The van der Waals surface area contributed by atoms with E-state index in [1.807, 2.05) is 11.6 Å². The summed E-state index contributed by atoms with van der Waals surface area (Å²) in [6.45, 7) is 2.43. The van der Waals surface area contributed by atoms with E-state index in [0.717, 1.165) is 45.2 Å². The molecule has 1 saturated heterocycles. The fourth-order valence-electron chi connectivity index (χ4n) is 3.66. The van der Waals surface area contributed by atoms with Crippen LogP contribution in [-0.2, 0) is 4.79 Å². The number of nitrogens with zero attached hydrogens (tertiary/aromatic N) is 2. The second-order valence-corrected chi connectivity index (χ2v) is 6.93. The maximum Gasteiger partial charge on any atom is 0.226 e. The standard InChI is InChI=1S/C15H23N3OS.2ClH/c16-10-12-2-1-3-13(12)15(19)18-7-4-11(5-8-18)14-17-6-9-20-14;;/h6,9,11-13H,1-5,7-8,10,16H2;2*1H/t12-,13-;;/m1../s1. The van der Waals surface area contributed by atoms with Gasteiger partial charge in [-0.05, 0) is 38.1 Å². The number of carbonyl (C=O) groups excluding carboxylic acids is 1. The van der Waals surface area contributed by atoms with E-state index in [2.05, 4.69) is 9.88 Å². The van der Waals surface area contributed by atoms with Gasteiger partial charge in [-0.2, -0.15) is 0 Å². The molecule has 1 aliphatic carbocycles. The summed E-state index contributed by atoms with van der Waals surface area (Å²) in [5.74, 6) is 1.51. The van der Waals surface area contributed by atoms with Crippen LogP contribution in [0.2, 0.25) is 0 Å². The van der Waals surface area contributed by atoms with Gasteiger partial charge in [0.25, 0.3) is 0 Å². The molecule has 0 radical (unpaired) electrons. The third-order valence-corrected chi connectivity index (χ3v) is 5.82. The van der Waals surface area contributed by atoms with Crippen LogP contribution in [0.1, 0.15) is 43.0 Å². The molecule has 2 fully saturated rings. The predicted octanol–water partition coefficient (Wildman–Crippen LogP) is 3.07. The van der Waals surface area contributed by atoms with Crippen LogP contribution in [0.5, 0.6) is 0 Å². The van der Waals surface area contributed by atoms with Crippen LogP contribution in [0.15, 0.2) is 11.6 Å². The minimum absolute atomic E-state index is 0. The van der Waals surface area contributed by atoms with Crippen LogP contribution in [0.3, 0.4) is 0 Å². The van der Waals surface area contributed by atoms with E-state index >= 15 is 0 Å². The van der Waals surface area contributed by atoms with Crippen molar-refractivity contribution in [2.45, 2.75) is 38.0 Å². The molecule has 1 aromatic rings. The summed E-state index contributed by atoms with van der Waals surface area (Å²) in [6, 6.07) is 0. The Morgan fingerprint density at radius 1 is 1.27 bits per heavy atom. The average molecular weight is 366 g/mol. The molecule has 2 N–H and O–H groups in total. The summed E-state index contributed by atoms with van der Waals surface area (Å²) >= 11 is 1.74. The monoisotopic (exact) mass is 365 g/mol. The van der Waals surface area contributed by atoms with Gasteiger partial charge in [0.1, 0.15) is 0 Å². The molecular formula is C15H25Cl2N3OS. The number of carbonyl (C=O) groups is 1. The molecule has 1 aromatic heterocycles. The molecule has 0 aromatic carbocycles. The Hall–Kier alpha value is -0.360. The van der Waals surface area contributed by atoms with E-state index < -0.39 is 0 Å². The fourth-order valence-corrected chi connectivity index (χ4v) is 4.47. The number of hydrogen-bond donors (Lipinski definition) is 1. The second kappa shape index (κ2) is 9.06. The zero-order valence-electron chi connectivity index (χ0n) is 12.6. The van der Waals surface area contributed by atoms with Crippen LogP contribution >= 0.6 is 36.2 Å². The molecule has 1 saturated carbocycles. The molecule has 2 heterocycles. The lowest BCUT2D eigenvalue weighted by atomic mass is 9.92. The Morgan fingerprint density at radius 3 is 2.59 bits per heavy atom. The lowest BCUT2D eigenvalue weighted by Crippen LogP contribution is -2.43. The predicted molar refractivity (Wildman–Crippen MR) is 95.1 cm³/mol. The summed E-state index contributed by atoms with van der Waals surface area (Å²) in [5, 5.41) is 3.27. The van der Waals surface area contributed by atoms with Crippen molar-refractivity contribution in [3.63, 3.8) is 0 Å². The summed E-state index contributed by atoms with van der Waals surface area (Å²) in [7, 11) is 0. The van der Waals surface area contributed by atoms with E-state index in [1.165, 1.54) is 5.01 Å². The summed E-state index contributed by atoms with van der Waals surface area (Å²) < 4.78 is 0. The minimum atomic E-state index is 0. The van der Waals surface area contributed by atoms with Crippen molar-refractivity contribution in [3.05, 3.63) is 16.6 Å². The van der Waals surface area contributed by atoms with Gasteiger partial charge < -0.3 is 10.6 Å². The topological polar surface area (TPSA) is 59.2 Å².